The van der Waals surface area contributed by atoms with Gasteiger partial charge in [-0.25, -0.2) is 4.79 Å². The molecule has 94 valence electrons. The van der Waals surface area contributed by atoms with Gasteiger partial charge in [-0.05, 0) is 19.1 Å². The molecule has 0 amide bonds. The van der Waals surface area contributed by atoms with Gasteiger partial charge in [-0.2, -0.15) is 0 Å². The Balaban J connectivity index is 3.32. The maximum atomic E-state index is 11.8. The van der Waals surface area contributed by atoms with Crippen molar-refractivity contribution in [3.8, 4) is 5.75 Å². The topological polar surface area (TPSA) is 38.8 Å². The van der Waals surface area contributed by atoms with Crippen molar-refractivity contribution in [2.45, 2.75) is 6.92 Å². The molecule has 0 bridgehead atoms. The number of anilines is 1. The minimum absolute atomic E-state index is 0.311. The van der Waals surface area contributed by atoms with E-state index >= 15 is 0 Å². The number of nitrogens with zero attached hydrogens (tertiary/aromatic N) is 1. The predicted octanol–water partition coefficient (Wildman–Crippen LogP) is 2.59. The van der Waals surface area contributed by atoms with Crippen LogP contribution in [0.5, 0.6) is 5.75 Å². The van der Waals surface area contributed by atoms with E-state index in [2.05, 4.69) is 0 Å². The molecule has 0 saturated carbocycles. The number of hydrogen-bond donors (Lipinski definition) is 0. The molecule has 0 spiro atoms. The van der Waals surface area contributed by atoms with E-state index in [0.29, 0.717) is 22.9 Å². The molecule has 4 nitrogen and oxygen atoms in total. The molecule has 0 aromatic heterocycles. The quantitative estimate of drug-likeness (QED) is 0.778. The largest absolute Gasteiger partial charge is 0.494 e. The van der Waals surface area contributed by atoms with Gasteiger partial charge in [-0.3, -0.25) is 0 Å². The molecule has 0 saturated heterocycles. The van der Waals surface area contributed by atoms with Gasteiger partial charge in [0.15, 0.2) is 5.75 Å². The van der Waals surface area contributed by atoms with Crippen LogP contribution in [0.15, 0.2) is 12.1 Å². The highest BCUT2D eigenvalue weighted by Gasteiger charge is 2.19. The molecule has 1 aromatic rings. The second-order valence-electron chi connectivity index (χ2n) is 3.62. The number of methoxy groups -OCH3 is 1. The Labute approximate surface area is 106 Å². The first-order valence-electron chi connectivity index (χ1n) is 5.23. The Kier molecular flexibility index (Phi) is 4.63. The van der Waals surface area contributed by atoms with Crippen molar-refractivity contribution in [3.05, 3.63) is 22.7 Å². The number of halogens is 1. The highest BCUT2D eigenvalue weighted by molar-refractivity contribution is 6.31. The van der Waals surface area contributed by atoms with Crippen LogP contribution < -0.4 is 9.64 Å². The minimum atomic E-state index is -0.435. The number of rotatable bonds is 4. The zero-order valence-corrected chi connectivity index (χ0v) is 11.2. The number of ether oxygens (including phenoxy) is 2. The van der Waals surface area contributed by atoms with Gasteiger partial charge in [-0.15, -0.1) is 0 Å². The maximum Gasteiger partial charge on any atom is 0.342 e. The van der Waals surface area contributed by atoms with Gasteiger partial charge in [-0.1, -0.05) is 11.6 Å². The van der Waals surface area contributed by atoms with E-state index in [1.165, 1.54) is 7.11 Å². The van der Waals surface area contributed by atoms with Crippen molar-refractivity contribution in [1.29, 1.82) is 0 Å². The standard InChI is InChI=1S/C12H16ClNO3/c1-5-17-12(15)9-6-8(13)7-10(14(2)3)11(9)16-4/h6-7H,5H2,1-4H3. The molecular formula is C12H16ClNO3. The lowest BCUT2D eigenvalue weighted by atomic mass is 10.1. The molecule has 5 heteroatoms. The Bertz CT molecular complexity index is 418. The van der Waals surface area contributed by atoms with Crippen LogP contribution in [0.4, 0.5) is 5.69 Å². The molecule has 1 rings (SSSR count). The summed E-state index contributed by atoms with van der Waals surface area (Å²) < 4.78 is 10.2. The SMILES string of the molecule is CCOC(=O)c1cc(Cl)cc(N(C)C)c1OC. The van der Waals surface area contributed by atoms with Gasteiger partial charge in [0.25, 0.3) is 0 Å². The molecule has 0 aliphatic heterocycles. The van der Waals surface area contributed by atoms with Gasteiger partial charge >= 0.3 is 5.97 Å². The fourth-order valence-electron chi connectivity index (χ4n) is 1.49. The summed E-state index contributed by atoms with van der Waals surface area (Å²) in [6.07, 6.45) is 0. The van der Waals surface area contributed by atoms with Crippen molar-refractivity contribution in [2.75, 3.05) is 32.7 Å². The van der Waals surface area contributed by atoms with E-state index in [1.54, 1.807) is 19.1 Å². The Morgan fingerprint density at radius 2 is 2.06 bits per heavy atom. The van der Waals surface area contributed by atoms with E-state index in [1.807, 2.05) is 19.0 Å². The first kappa shape index (κ1) is 13.6. The summed E-state index contributed by atoms with van der Waals surface area (Å²) in [6.45, 7) is 2.06. The summed E-state index contributed by atoms with van der Waals surface area (Å²) in [7, 11) is 5.21. The van der Waals surface area contributed by atoms with Crippen LogP contribution in [0.3, 0.4) is 0 Å². The van der Waals surface area contributed by atoms with E-state index in [4.69, 9.17) is 21.1 Å². The lowest BCUT2D eigenvalue weighted by Crippen LogP contribution is -2.14. The van der Waals surface area contributed by atoms with E-state index < -0.39 is 5.97 Å². The van der Waals surface area contributed by atoms with Crippen molar-refractivity contribution in [3.63, 3.8) is 0 Å². The van der Waals surface area contributed by atoms with Crippen molar-refractivity contribution in [1.82, 2.24) is 0 Å². The van der Waals surface area contributed by atoms with Gasteiger partial charge < -0.3 is 14.4 Å². The number of hydrogen-bond acceptors (Lipinski definition) is 4. The lowest BCUT2D eigenvalue weighted by molar-refractivity contribution is 0.0523. The molecule has 0 aliphatic carbocycles. The fourth-order valence-corrected chi connectivity index (χ4v) is 1.70. The van der Waals surface area contributed by atoms with Crippen LogP contribution in [-0.4, -0.2) is 33.8 Å². The van der Waals surface area contributed by atoms with Crippen LogP contribution in [0, 0.1) is 0 Å². The van der Waals surface area contributed by atoms with Crippen molar-refractivity contribution in [2.24, 2.45) is 0 Å². The summed E-state index contributed by atoms with van der Waals surface area (Å²) in [6, 6.07) is 3.29. The first-order chi connectivity index (χ1) is 8.01. The summed E-state index contributed by atoms with van der Waals surface area (Å²) in [5.41, 5.74) is 1.08. The molecular weight excluding hydrogens is 242 g/mol. The lowest BCUT2D eigenvalue weighted by Gasteiger charge is -2.19. The Hall–Kier alpha value is -1.42. The molecule has 0 atom stereocenters. The number of carbonyl (C=O) groups is 1. The van der Waals surface area contributed by atoms with Gasteiger partial charge in [0, 0.05) is 19.1 Å². The molecule has 0 aliphatic rings. The average Bonchev–Trinajstić information content (AvgIpc) is 2.28. The second kappa shape index (κ2) is 5.77. The number of esters is 1. The smallest absolute Gasteiger partial charge is 0.342 e. The van der Waals surface area contributed by atoms with Crippen LogP contribution in [0.2, 0.25) is 5.02 Å². The summed E-state index contributed by atoms with van der Waals surface area (Å²) in [5.74, 6) is 0.0350. The Morgan fingerprint density at radius 3 is 2.53 bits per heavy atom. The molecule has 0 N–H and O–H groups in total. The third-order valence-electron chi connectivity index (χ3n) is 2.22. The van der Waals surface area contributed by atoms with Gasteiger partial charge in [0.1, 0.15) is 5.56 Å². The monoisotopic (exact) mass is 257 g/mol. The van der Waals surface area contributed by atoms with E-state index in [-0.39, 0.29) is 0 Å². The number of benzene rings is 1. The molecule has 0 heterocycles. The van der Waals surface area contributed by atoms with Gasteiger partial charge in [0.2, 0.25) is 0 Å². The zero-order valence-electron chi connectivity index (χ0n) is 10.4. The van der Waals surface area contributed by atoms with Gasteiger partial charge in [0.05, 0.1) is 19.4 Å². The molecule has 1 aromatic carbocycles. The van der Waals surface area contributed by atoms with Crippen LogP contribution in [0.1, 0.15) is 17.3 Å². The maximum absolute atomic E-state index is 11.8. The number of carbonyl (C=O) groups excluding carboxylic acids is 1. The molecule has 0 radical (unpaired) electrons. The van der Waals surface area contributed by atoms with Crippen LogP contribution in [0.25, 0.3) is 0 Å². The van der Waals surface area contributed by atoms with E-state index in [9.17, 15) is 4.79 Å². The van der Waals surface area contributed by atoms with Crippen molar-refractivity contribution >= 4 is 23.3 Å². The highest BCUT2D eigenvalue weighted by atomic mass is 35.5. The second-order valence-corrected chi connectivity index (χ2v) is 4.06. The third kappa shape index (κ3) is 3.03. The highest BCUT2D eigenvalue weighted by Crippen LogP contribution is 2.34. The molecule has 0 fully saturated rings. The zero-order chi connectivity index (χ0) is 13.0. The summed E-state index contributed by atoms with van der Waals surface area (Å²) in [4.78, 5) is 13.6. The van der Waals surface area contributed by atoms with Crippen LogP contribution >= 0.6 is 11.6 Å². The molecule has 17 heavy (non-hydrogen) atoms. The summed E-state index contributed by atoms with van der Waals surface area (Å²) in [5, 5.41) is 0.470. The fraction of sp³-hybridized carbons (Fsp3) is 0.417. The van der Waals surface area contributed by atoms with E-state index in [0.717, 1.165) is 5.69 Å². The average molecular weight is 258 g/mol. The minimum Gasteiger partial charge on any atom is -0.494 e. The Morgan fingerprint density at radius 1 is 1.41 bits per heavy atom. The normalized spacial score (nSPS) is 9.94. The first-order valence-corrected chi connectivity index (χ1v) is 5.61. The predicted molar refractivity (Wildman–Crippen MR) is 68.3 cm³/mol. The van der Waals surface area contributed by atoms with Crippen LogP contribution in [-0.2, 0) is 4.74 Å². The summed E-state index contributed by atoms with van der Waals surface area (Å²) >= 11 is 5.98. The van der Waals surface area contributed by atoms with Crippen molar-refractivity contribution < 1.29 is 14.3 Å². The molecule has 0 unspecified atom stereocenters. The third-order valence-corrected chi connectivity index (χ3v) is 2.43.